The fraction of sp³-hybridized carbons (Fsp3) is 0.185. The Labute approximate surface area is 239 Å². The topological polar surface area (TPSA) is 168 Å². The molecule has 3 N–H and O–H groups in total. The van der Waals surface area contributed by atoms with Gasteiger partial charge in [-0.2, -0.15) is 5.10 Å². The number of thiophene rings is 1. The van der Waals surface area contributed by atoms with Crippen molar-refractivity contribution in [3.63, 3.8) is 0 Å². The van der Waals surface area contributed by atoms with E-state index in [0.29, 0.717) is 28.1 Å². The number of primary amides is 1. The Bertz CT molecular complexity index is 1880. The largest absolute Gasteiger partial charge is 0.486 e. The van der Waals surface area contributed by atoms with Crippen molar-refractivity contribution in [1.82, 2.24) is 14.8 Å². The molecule has 0 saturated heterocycles. The number of alkyl halides is 2. The van der Waals surface area contributed by atoms with Crippen LogP contribution in [0.4, 0.5) is 20.2 Å². The van der Waals surface area contributed by atoms with Crippen LogP contribution in [-0.2, 0) is 13.7 Å². The van der Waals surface area contributed by atoms with Crippen LogP contribution in [0, 0.1) is 24.0 Å². The number of halogens is 2. The van der Waals surface area contributed by atoms with Gasteiger partial charge in [0.05, 0.1) is 16.3 Å². The summed E-state index contributed by atoms with van der Waals surface area (Å²) in [7, 11) is 1.68. The number of nitro benzene ring substituents is 1. The first kappa shape index (κ1) is 28.4. The number of benzene rings is 1. The minimum Gasteiger partial charge on any atom is -0.486 e. The van der Waals surface area contributed by atoms with E-state index in [0.717, 1.165) is 11.3 Å². The van der Waals surface area contributed by atoms with E-state index in [1.54, 1.807) is 27.1 Å². The Kier molecular flexibility index (Phi) is 7.43. The number of aryl methyl sites for hydroxylation is 3. The van der Waals surface area contributed by atoms with Crippen LogP contribution in [0.1, 0.15) is 49.4 Å². The minimum absolute atomic E-state index is 0.00891. The lowest BCUT2D eigenvalue weighted by atomic mass is 10.0. The van der Waals surface area contributed by atoms with E-state index in [9.17, 15) is 28.5 Å². The number of nitro groups is 1. The number of rotatable bonds is 9. The van der Waals surface area contributed by atoms with Gasteiger partial charge in [-0.05, 0) is 49.7 Å². The van der Waals surface area contributed by atoms with Crippen molar-refractivity contribution >= 4 is 44.7 Å². The zero-order valence-corrected chi connectivity index (χ0v) is 23.1. The summed E-state index contributed by atoms with van der Waals surface area (Å²) in [6.45, 7) is 3.20. The fourth-order valence-electron chi connectivity index (χ4n) is 4.43. The summed E-state index contributed by atoms with van der Waals surface area (Å²) in [5.74, 6) is -1.10. The number of fused-ring (bicyclic) bond motifs is 1. The van der Waals surface area contributed by atoms with E-state index < -0.39 is 28.9 Å². The highest BCUT2D eigenvalue weighted by Gasteiger charge is 2.27. The van der Waals surface area contributed by atoms with Gasteiger partial charge in [0.15, 0.2) is 5.76 Å². The number of ether oxygens (including phenoxy) is 1. The maximum atomic E-state index is 13.7. The molecule has 0 radical (unpaired) electrons. The first-order valence-electron chi connectivity index (χ1n) is 12.3. The van der Waals surface area contributed by atoms with Crippen molar-refractivity contribution in [3.8, 4) is 16.9 Å². The van der Waals surface area contributed by atoms with Gasteiger partial charge in [-0.1, -0.05) is 0 Å². The molecule has 42 heavy (non-hydrogen) atoms. The molecule has 216 valence electrons. The van der Waals surface area contributed by atoms with Crippen LogP contribution in [0.3, 0.4) is 0 Å². The molecule has 12 nitrogen and oxygen atoms in total. The van der Waals surface area contributed by atoms with E-state index in [2.05, 4.69) is 15.4 Å². The summed E-state index contributed by atoms with van der Waals surface area (Å²) in [4.78, 5) is 40.2. The predicted octanol–water partition coefficient (Wildman–Crippen LogP) is 5.68. The van der Waals surface area contributed by atoms with Crippen molar-refractivity contribution in [2.75, 3.05) is 5.32 Å². The molecule has 5 aromatic rings. The van der Waals surface area contributed by atoms with Crippen molar-refractivity contribution in [2.24, 2.45) is 12.8 Å². The number of hydrogen-bond acceptors (Lipinski definition) is 9. The summed E-state index contributed by atoms with van der Waals surface area (Å²) in [6.07, 6.45) is -1.25. The molecular weight excluding hydrogens is 574 g/mol. The predicted molar refractivity (Wildman–Crippen MR) is 149 cm³/mol. The van der Waals surface area contributed by atoms with Crippen molar-refractivity contribution < 1.29 is 32.4 Å². The molecular formula is C27H22F2N6O6S. The molecule has 0 aliphatic carbocycles. The van der Waals surface area contributed by atoms with Gasteiger partial charge in [0.25, 0.3) is 23.9 Å². The number of anilines is 1. The van der Waals surface area contributed by atoms with Crippen LogP contribution in [0.5, 0.6) is 5.75 Å². The van der Waals surface area contributed by atoms with Crippen LogP contribution in [0.25, 0.3) is 21.3 Å². The highest BCUT2D eigenvalue weighted by Crippen LogP contribution is 2.43. The lowest BCUT2D eigenvalue weighted by Crippen LogP contribution is -2.16. The normalized spacial score (nSPS) is 11.3. The molecule has 2 amide bonds. The maximum absolute atomic E-state index is 13.7. The molecule has 0 bridgehead atoms. The number of nitrogens with one attached hydrogen (secondary N) is 1. The standard InChI is InChI=1S/C27H22F2N6O6S/c1-12-8-14(4-6-19(12)35(38)39)40-11-15-5-7-20(41-15)26(37)32-22-21-16(17-10-34(3)33-13(17)2)9-18(24(28)29)31-27(21)42-23(22)25(30)36/h4-10,24H,11H2,1-3H3,(H2,30,36)(H,32,37). The highest BCUT2D eigenvalue weighted by molar-refractivity contribution is 7.21. The fourth-order valence-corrected chi connectivity index (χ4v) is 5.44. The minimum atomic E-state index is -2.89. The summed E-state index contributed by atoms with van der Waals surface area (Å²) < 4.78 is 40.3. The first-order chi connectivity index (χ1) is 19.9. The number of nitrogens with two attached hydrogens (primary N) is 1. The van der Waals surface area contributed by atoms with Crippen molar-refractivity contribution in [2.45, 2.75) is 26.9 Å². The number of amides is 2. The van der Waals surface area contributed by atoms with Crippen LogP contribution in [0.2, 0.25) is 0 Å². The molecule has 4 aromatic heterocycles. The molecule has 0 spiro atoms. The molecule has 0 unspecified atom stereocenters. The molecule has 5 rings (SSSR count). The second-order valence-electron chi connectivity index (χ2n) is 9.26. The van der Waals surface area contributed by atoms with Crippen LogP contribution < -0.4 is 15.8 Å². The van der Waals surface area contributed by atoms with E-state index in [1.165, 1.54) is 41.1 Å². The monoisotopic (exact) mass is 596 g/mol. The number of hydrogen-bond donors (Lipinski definition) is 2. The molecule has 0 saturated carbocycles. The molecule has 0 atom stereocenters. The van der Waals surface area contributed by atoms with Gasteiger partial charge in [0, 0.05) is 35.8 Å². The van der Waals surface area contributed by atoms with Gasteiger partial charge in [0.1, 0.15) is 33.5 Å². The first-order valence-corrected chi connectivity index (χ1v) is 13.1. The average Bonchev–Trinajstić information content (AvgIpc) is 3.63. The number of pyridine rings is 1. The zero-order valence-electron chi connectivity index (χ0n) is 22.3. The summed E-state index contributed by atoms with van der Waals surface area (Å²) in [5, 5.41) is 18.2. The van der Waals surface area contributed by atoms with Crippen LogP contribution in [-0.4, -0.2) is 31.5 Å². The maximum Gasteiger partial charge on any atom is 0.291 e. The third-order valence-corrected chi connectivity index (χ3v) is 7.40. The van der Waals surface area contributed by atoms with Crippen LogP contribution in [0.15, 0.2) is 47.0 Å². The van der Waals surface area contributed by atoms with Crippen molar-refractivity contribution in [3.05, 3.63) is 86.1 Å². The van der Waals surface area contributed by atoms with Gasteiger partial charge < -0.3 is 20.2 Å². The van der Waals surface area contributed by atoms with Gasteiger partial charge in [0.2, 0.25) is 0 Å². The molecule has 0 aliphatic heterocycles. The SMILES string of the molecule is Cc1cc(OCc2ccc(C(=O)Nc3c(C(N)=O)sc4nc(C(F)F)cc(-c5cn(C)nc5C)c34)o2)ccc1[N+](=O)[O-]. The second kappa shape index (κ2) is 11.0. The third kappa shape index (κ3) is 5.41. The third-order valence-electron chi connectivity index (χ3n) is 6.30. The highest BCUT2D eigenvalue weighted by atomic mass is 32.1. The lowest BCUT2D eigenvalue weighted by molar-refractivity contribution is -0.385. The molecule has 0 aliphatic rings. The summed E-state index contributed by atoms with van der Waals surface area (Å²) >= 11 is 0.783. The van der Waals surface area contributed by atoms with E-state index >= 15 is 0 Å². The number of carbonyl (C=O) groups excluding carboxylic acids is 2. The van der Waals surface area contributed by atoms with Gasteiger partial charge in [-0.25, -0.2) is 13.8 Å². The van der Waals surface area contributed by atoms with E-state index in [-0.39, 0.29) is 44.6 Å². The Morgan fingerprint density at radius 1 is 1.21 bits per heavy atom. The molecule has 4 heterocycles. The van der Waals surface area contributed by atoms with Gasteiger partial charge in [-0.3, -0.25) is 24.4 Å². The zero-order chi connectivity index (χ0) is 30.3. The molecule has 15 heteroatoms. The van der Waals surface area contributed by atoms with Crippen molar-refractivity contribution in [1.29, 1.82) is 0 Å². The molecule has 0 fully saturated rings. The van der Waals surface area contributed by atoms with Gasteiger partial charge in [-0.15, -0.1) is 11.3 Å². The Balaban J connectivity index is 1.46. The number of aromatic nitrogens is 3. The Hall–Kier alpha value is -5.18. The number of carbonyl (C=O) groups is 2. The van der Waals surface area contributed by atoms with Crippen LogP contribution >= 0.6 is 11.3 Å². The smallest absolute Gasteiger partial charge is 0.291 e. The Morgan fingerprint density at radius 2 is 1.98 bits per heavy atom. The summed E-state index contributed by atoms with van der Waals surface area (Å²) in [6, 6.07) is 8.39. The average molecular weight is 597 g/mol. The number of nitrogens with zero attached hydrogens (tertiary/aromatic N) is 4. The van der Waals surface area contributed by atoms with E-state index in [4.69, 9.17) is 14.9 Å². The second-order valence-corrected chi connectivity index (χ2v) is 10.3. The Morgan fingerprint density at radius 3 is 2.60 bits per heavy atom. The molecule has 1 aromatic carbocycles. The number of furan rings is 1. The van der Waals surface area contributed by atoms with Gasteiger partial charge >= 0.3 is 0 Å². The lowest BCUT2D eigenvalue weighted by Gasteiger charge is -2.10. The quantitative estimate of drug-likeness (QED) is 0.162. The summed E-state index contributed by atoms with van der Waals surface area (Å²) in [5.41, 5.74) is 6.82. The van der Waals surface area contributed by atoms with E-state index in [1.807, 2.05) is 0 Å².